The normalized spacial score (nSPS) is 20.4. The lowest BCUT2D eigenvalue weighted by Gasteiger charge is -2.22. The third-order valence-electron chi connectivity index (χ3n) is 5.78. The summed E-state index contributed by atoms with van der Waals surface area (Å²) in [5, 5.41) is 25.1. The van der Waals surface area contributed by atoms with Gasteiger partial charge in [0.1, 0.15) is 17.7 Å². The molecular weight excluding hydrogens is 504 g/mol. The van der Waals surface area contributed by atoms with E-state index in [2.05, 4.69) is 21.0 Å². The summed E-state index contributed by atoms with van der Waals surface area (Å²) in [6, 6.07) is 20.0. The molecule has 3 aromatic carbocycles. The number of halogens is 1. The summed E-state index contributed by atoms with van der Waals surface area (Å²) in [4.78, 5) is 41.4. The number of Topliss-reactive ketones (excluding diaryl/α,β-unsaturated/α-hetero) is 1. The molecule has 1 saturated heterocycles. The zero-order valence-electron chi connectivity index (χ0n) is 17.5. The van der Waals surface area contributed by atoms with E-state index in [9.17, 15) is 19.6 Å². The minimum atomic E-state index is -1.12. The highest BCUT2D eigenvalue weighted by Crippen LogP contribution is 2.38. The lowest BCUT2D eigenvalue weighted by Crippen LogP contribution is -2.99. The number of rotatable bonds is 5. The molecule has 0 radical (unpaired) electrons. The summed E-state index contributed by atoms with van der Waals surface area (Å²) in [6.45, 7) is 0. The van der Waals surface area contributed by atoms with Crippen LogP contribution in [0.4, 0.5) is 17.1 Å². The zero-order chi connectivity index (χ0) is 24.0. The number of ketones is 1. The first-order chi connectivity index (χ1) is 16.4. The second-order valence-electron chi connectivity index (χ2n) is 7.79. The van der Waals surface area contributed by atoms with Crippen LogP contribution in [-0.2, 0) is 9.59 Å². The molecule has 2 aliphatic rings. The monoisotopic (exact) mass is 520 g/mol. The number of carbonyl (C=O) groups is 3. The number of para-hydroxylation sites is 1. The van der Waals surface area contributed by atoms with Crippen molar-refractivity contribution < 1.29 is 24.8 Å². The highest BCUT2D eigenvalue weighted by Gasteiger charge is 2.58. The Morgan fingerprint density at radius 2 is 1.56 bits per heavy atom. The number of hydrogen-bond acceptors (Lipinski definition) is 7. The van der Waals surface area contributed by atoms with E-state index < -0.39 is 34.8 Å². The van der Waals surface area contributed by atoms with Crippen molar-refractivity contribution in [3.8, 4) is 0 Å². The number of carbonyl (C=O) groups excluding carboxylic acids is 3. The van der Waals surface area contributed by atoms with Crippen LogP contribution in [0.15, 0.2) is 88.4 Å². The van der Waals surface area contributed by atoms with E-state index >= 15 is 0 Å². The number of nitrogens with one attached hydrogen (secondary N) is 1. The highest BCUT2D eigenvalue weighted by molar-refractivity contribution is 9.10. The number of fused-ring (bicyclic) bond motifs is 1. The molecule has 170 valence electrons. The zero-order valence-corrected chi connectivity index (χ0v) is 19.0. The number of hydrogen-bond donors (Lipinski definition) is 2. The molecule has 3 atom stereocenters. The summed E-state index contributed by atoms with van der Waals surface area (Å²) in [7, 11) is 0. The molecule has 2 aliphatic heterocycles. The molecule has 0 aromatic heterocycles. The topological polar surface area (TPSA) is 118 Å². The fourth-order valence-electron chi connectivity index (χ4n) is 4.15. The van der Waals surface area contributed by atoms with E-state index in [-0.39, 0.29) is 17.1 Å². The van der Waals surface area contributed by atoms with Crippen molar-refractivity contribution in [2.45, 2.75) is 6.04 Å². The number of imide groups is 1. The Bertz CT molecular complexity index is 1310. The van der Waals surface area contributed by atoms with E-state index in [0.717, 1.165) is 9.37 Å². The van der Waals surface area contributed by atoms with E-state index in [1.165, 1.54) is 29.3 Å². The molecule has 34 heavy (non-hydrogen) atoms. The first-order valence-corrected chi connectivity index (χ1v) is 11.1. The molecule has 5 rings (SSSR count). The van der Waals surface area contributed by atoms with Crippen molar-refractivity contribution >= 4 is 56.3 Å². The van der Waals surface area contributed by atoms with Gasteiger partial charge < -0.3 is 5.21 Å². The average molecular weight is 521 g/mol. The predicted octanol–water partition coefficient (Wildman–Crippen LogP) is 2.47. The maximum atomic E-state index is 13.5. The quantitative estimate of drug-likeness (QED) is 0.303. The van der Waals surface area contributed by atoms with E-state index in [1.54, 1.807) is 48.5 Å². The second kappa shape index (κ2) is 8.58. The maximum absolute atomic E-state index is 13.5. The van der Waals surface area contributed by atoms with E-state index in [0.29, 0.717) is 11.3 Å². The molecule has 0 saturated carbocycles. The molecule has 0 spiro atoms. The smallest absolute Gasteiger partial charge is 0.259 e. The van der Waals surface area contributed by atoms with Crippen molar-refractivity contribution in [1.29, 1.82) is 0 Å². The van der Waals surface area contributed by atoms with Gasteiger partial charge in [0, 0.05) is 22.2 Å². The Labute approximate surface area is 202 Å². The number of quaternary nitrogens is 1. The number of anilines is 2. The molecule has 1 fully saturated rings. The predicted molar refractivity (Wildman–Crippen MR) is 127 cm³/mol. The first kappa shape index (κ1) is 22.1. The Kier molecular flexibility index (Phi) is 5.58. The van der Waals surface area contributed by atoms with Crippen LogP contribution in [0.5, 0.6) is 0 Å². The number of nitrogens with zero attached hydrogens (tertiary/aromatic N) is 3. The molecule has 9 nitrogen and oxygen atoms in total. The van der Waals surface area contributed by atoms with Crippen molar-refractivity contribution in [2.75, 3.05) is 9.91 Å². The molecule has 0 bridgehead atoms. The van der Waals surface area contributed by atoms with Crippen LogP contribution in [0.25, 0.3) is 0 Å². The SMILES string of the molecule is O=C(C1=NN(c2ccccc2)[C@H]2C(=O)N(c3ccc([NH+]([O-])O)cc3)C(=O)[C@@H]12)c1ccc(Br)cc1. The van der Waals surface area contributed by atoms with Gasteiger partial charge in [0.15, 0.2) is 5.69 Å². The second-order valence-corrected chi connectivity index (χ2v) is 8.70. The Hall–Kier alpha value is -3.70. The van der Waals surface area contributed by atoms with Gasteiger partial charge in [-0.25, -0.2) is 10.1 Å². The van der Waals surface area contributed by atoms with Gasteiger partial charge in [-0.2, -0.15) is 10.3 Å². The van der Waals surface area contributed by atoms with Crippen molar-refractivity contribution in [1.82, 2.24) is 0 Å². The van der Waals surface area contributed by atoms with Gasteiger partial charge in [0.05, 0.1) is 11.4 Å². The maximum Gasteiger partial charge on any atom is 0.259 e. The minimum absolute atomic E-state index is 0.0146. The summed E-state index contributed by atoms with van der Waals surface area (Å²) < 4.78 is 0.796. The molecule has 2 heterocycles. The van der Waals surface area contributed by atoms with Gasteiger partial charge in [-0.15, -0.1) is 0 Å². The average Bonchev–Trinajstić information content (AvgIpc) is 3.36. The summed E-state index contributed by atoms with van der Waals surface area (Å²) in [5.74, 6) is -2.65. The molecule has 2 amide bonds. The molecule has 10 heteroatoms. The van der Waals surface area contributed by atoms with Gasteiger partial charge in [0.2, 0.25) is 11.7 Å². The number of amides is 2. The van der Waals surface area contributed by atoms with Crippen LogP contribution in [0.1, 0.15) is 10.4 Å². The number of hydrazone groups is 1. The van der Waals surface area contributed by atoms with Crippen LogP contribution in [0.2, 0.25) is 0 Å². The van der Waals surface area contributed by atoms with Gasteiger partial charge in [-0.1, -0.05) is 34.1 Å². The van der Waals surface area contributed by atoms with E-state index in [1.807, 2.05) is 6.07 Å². The third-order valence-corrected chi connectivity index (χ3v) is 6.31. The van der Waals surface area contributed by atoms with Gasteiger partial charge in [-0.3, -0.25) is 19.4 Å². The minimum Gasteiger partial charge on any atom is -0.595 e. The summed E-state index contributed by atoms with van der Waals surface area (Å²) in [6.07, 6.45) is 0. The third kappa shape index (κ3) is 3.62. The molecule has 0 aliphatic carbocycles. The fourth-order valence-corrected chi connectivity index (χ4v) is 4.42. The van der Waals surface area contributed by atoms with Crippen LogP contribution in [0, 0.1) is 11.1 Å². The standard InChI is InChI=1S/C24H17BrN4O5/c25-15-8-6-14(7-9-15)22(30)20-19-21(28(26-20)17-4-2-1-3-5-17)24(32)27(23(19)31)16-10-12-18(13-11-16)29(33)34/h1-13,19,21,29,33H/t19-,21+/m0/s1. The van der Waals surface area contributed by atoms with Crippen LogP contribution in [-0.4, -0.2) is 34.6 Å². The van der Waals surface area contributed by atoms with Gasteiger partial charge in [-0.05, 0) is 48.5 Å². The van der Waals surface area contributed by atoms with Gasteiger partial charge in [0.25, 0.3) is 5.91 Å². The molecule has 1 unspecified atom stereocenters. The molecule has 3 aromatic rings. The van der Waals surface area contributed by atoms with Crippen molar-refractivity contribution in [3.05, 3.63) is 94.1 Å². The van der Waals surface area contributed by atoms with Crippen molar-refractivity contribution in [2.24, 2.45) is 11.0 Å². The van der Waals surface area contributed by atoms with E-state index in [4.69, 9.17) is 5.21 Å². The summed E-state index contributed by atoms with van der Waals surface area (Å²) in [5.41, 5.74) is 1.17. The van der Waals surface area contributed by atoms with Crippen LogP contribution < -0.4 is 15.1 Å². The fraction of sp³-hybridized carbons (Fsp3) is 0.0833. The van der Waals surface area contributed by atoms with Crippen LogP contribution >= 0.6 is 15.9 Å². The largest absolute Gasteiger partial charge is 0.595 e. The number of benzene rings is 3. The Morgan fingerprint density at radius 3 is 2.18 bits per heavy atom. The lowest BCUT2D eigenvalue weighted by molar-refractivity contribution is -0.991. The van der Waals surface area contributed by atoms with Gasteiger partial charge >= 0.3 is 0 Å². The highest BCUT2D eigenvalue weighted by atomic mass is 79.9. The Morgan fingerprint density at radius 1 is 0.912 bits per heavy atom. The molecular formula is C24H17BrN4O5. The van der Waals surface area contributed by atoms with Crippen LogP contribution in [0.3, 0.4) is 0 Å². The Balaban J connectivity index is 1.57. The lowest BCUT2D eigenvalue weighted by atomic mass is 9.92. The first-order valence-electron chi connectivity index (χ1n) is 10.3. The van der Waals surface area contributed by atoms with Crippen molar-refractivity contribution in [3.63, 3.8) is 0 Å². The summed E-state index contributed by atoms with van der Waals surface area (Å²) >= 11 is 3.34. The molecule has 2 N–H and O–H groups in total.